The van der Waals surface area contributed by atoms with Crippen LogP contribution in [-0.4, -0.2) is 67.6 Å². The molecule has 2 saturated heterocycles. The van der Waals surface area contributed by atoms with Gasteiger partial charge in [-0.25, -0.2) is 4.39 Å². The molecule has 0 saturated carbocycles. The van der Waals surface area contributed by atoms with E-state index in [-0.39, 0.29) is 5.82 Å². The van der Waals surface area contributed by atoms with E-state index in [0.717, 1.165) is 76.2 Å². The Bertz CT molecular complexity index is 712. The fourth-order valence-electron chi connectivity index (χ4n) is 3.48. The largest absolute Gasteiger partial charge is 0.378 e. The molecule has 6 nitrogen and oxygen atoms in total. The first-order chi connectivity index (χ1) is 12.8. The molecular weight excluding hydrogens is 333 g/mol. The zero-order chi connectivity index (χ0) is 17.8. The number of aromatic nitrogens is 2. The second kappa shape index (κ2) is 7.97. The Morgan fingerprint density at radius 2 is 1.50 bits per heavy atom. The van der Waals surface area contributed by atoms with E-state index >= 15 is 0 Å². The second-order valence-corrected chi connectivity index (χ2v) is 6.74. The van der Waals surface area contributed by atoms with Crippen LogP contribution in [-0.2, 0) is 11.3 Å². The van der Waals surface area contributed by atoms with E-state index in [1.54, 1.807) is 12.1 Å². The van der Waals surface area contributed by atoms with Gasteiger partial charge in [0.15, 0.2) is 11.6 Å². The van der Waals surface area contributed by atoms with Crippen LogP contribution in [0.2, 0.25) is 0 Å². The van der Waals surface area contributed by atoms with Crippen LogP contribution >= 0.6 is 0 Å². The maximum absolute atomic E-state index is 13.3. The lowest BCUT2D eigenvalue weighted by Crippen LogP contribution is -2.46. The number of anilines is 2. The number of hydrogen-bond donors (Lipinski definition) is 0. The molecule has 0 aliphatic carbocycles. The fourth-order valence-corrected chi connectivity index (χ4v) is 3.48. The summed E-state index contributed by atoms with van der Waals surface area (Å²) in [6.45, 7) is 7.69. The Hall–Kier alpha value is -2.25. The first-order valence-corrected chi connectivity index (χ1v) is 9.16. The van der Waals surface area contributed by atoms with Gasteiger partial charge in [0.2, 0.25) is 0 Å². The quantitative estimate of drug-likeness (QED) is 0.831. The Morgan fingerprint density at radius 1 is 0.846 bits per heavy atom. The van der Waals surface area contributed by atoms with Crippen molar-refractivity contribution in [2.45, 2.75) is 6.54 Å². The summed E-state index contributed by atoms with van der Waals surface area (Å²) in [5.74, 6) is 1.67. The van der Waals surface area contributed by atoms with Crippen molar-refractivity contribution < 1.29 is 9.13 Å². The number of benzene rings is 1. The molecule has 2 fully saturated rings. The maximum atomic E-state index is 13.3. The van der Waals surface area contributed by atoms with E-state index in [0.29, 0.717) is 0 Å². The molecule has 0 N–H and O–H groups in total. The van der Waals surface area contributed by atoms with Crippen molar-refractivity contribution in [3.8, 4) is 0 Å². The molecule has 2 aliphatic heterocycles. The molecule has 0 amide bonds. The van der Waals surface area contributed by atoms with Gasteiger partial charge in [-0.05, 0) is 29.8 Å². The van der Waals surface area contributed by atoms with Crippen molar-refractivity contribution in [3.05, 3.63) is 47.8 Å². The minimum Gasteiger partial charge on any atom is -0.378 e. The van der Waals surface area contributed by atoms with E-state index in [9.17, 15) is 4.39 Å². The molecule has 4 rings (SSSR count). The normalized spacial score (nSPS) is 19.0. The first-order valence-electron chi connectivity index (χ1n) is 9.16. The highest BCUT2D eigenvalue weighted by Crippen LogP contribution is 2.18. The summed E-state index contributed by atoms with van der Waals surface area (Å²) >= 11 is 0. The predicted molar refractivity (Wildman–Crippen MR) is 99.0 cm³/mol. The van der Waals surface area contributed by atoms with Gasteiger partial charge in [0, 0.05) is 45.8 Å². The van der Waals surface area contributed by atoms with Gasteiger partial charge in [0.25, 0.3) is 0 Å². The summed E-state index contributed by atoms with van der Waals surface area (Å²) in [6, 6.07) is 11.0. The second-order valence-electron chi connectivity index (χ2n) is 6.74. The highest BCUT2D eigenvalue weighted by atomic mass is 19.1. The van der Waals surface area contributed by atoms with Gasteiger partial charge in [-0.1, -0.05) is 12.1 Å². The summed E-state index contributed by atoms with van der Waals surface area (Å²) < 4.78 is 18.7. The average molecular weight is 357 g/mol. The molecule has 1 aromatic heterocycles. The fraction of sp³-hybridized carbons (Fsp3) is 0.474. The van der Waals surface area contributed by atoms with Crippen LogP contribution in [0.1, 0.15) is 5.56 Å². The van der Waals surface area contributed by atoms with Crippen LogP contribution < -0.4 is 9.80 Å². The third kappa shape index (κ3) is 4.11. The first kappa shape index (κ1) is 17.2. The van der Waals surface area contributed by atoms with Crippen LogP contribution in [0.4, 0.5) is 16.0 Å². The van der Waals surface area contributed by atoms with E-state index in [1.165, 1.54) is 6.07 Å². The molecule has 2 aromatic rings. The van der Waals surface area contributed by atoms with Crippen molar-refractivity contribution in [2.24, 2.45) is 0 Å². The number of hydrogen-bond acceptors (Lipinski definition) is 6. The molecule has 26 heavy (non-hydrogen) atoms. The summed E-state index contributed by atoms with van der Waals surface area (Å²) in [7, 11) is 0. The molecule has 0 radical (unpaired) electrons. The van der Waals surface area contributed by atoms with Crippen molar-refractivity contribution >= 4 is 11.6 Å². The molecule has 1 aromatic carbocycles. The Labute approximate surface area is 153 Å². The molecule has 0 atom stereocenters. The van der Waals surface area contributed by atoms with E-state index in [2.05, 4.69) is 31.0 Å². The highest BCUT2D eigenvalue weighted by Gasteiger charge is 2.19. The van der Waals surface area contributed by atoms with Crippen LogP contribution in [0.25, 0.3) is 0 Å². The number of halogens is 1. The van der Waals surface area contributed by atoms with Crippen molar-refractivity contribution in [1.82, 2.24) is 15.1 Å². The zero-order valence-electron chi connectivity index (χ0n) is 14.9. The molecule has 0 unspecified atom stereocenters. The van der Waals surface area contributed by atoms with Crippen LogP contribution in [0, 0.1) is 5.82 Å². The predicted octanol–water partition coefficient (Wildman–Crippen LogP) is 1.77. The van der Waals surface area contributed by atoms with Crippen LogP contribution in [0.5, 0.6) is 0 Å². The molecule has 2 aliphatic rings. The molecule has 0 bridgehead atoms. The number of rotatable bonds is 4. The standard InChI is InChI=1S/C19H24FN5O/c20-17-3-1-2-16(14-17)15-23-6-8-24(9-7-23)18-4-5-19(22-21-18)25-10-12-26-13-11-25/h1-5,14H,6-13,15H2. The number of nitrogens with zero attached hydrogens (tertiary/aromatic N) is 5. The van der Waals surface area contributed by atoms with Gasteiger partial charge in [-0.3, -0.25) is 4.90 Å². The summed E-state index contributed by atoms with van der Waals surface area (Å²) in [4.78, 5) is 6.82. The molecule has 7 heteroatoms. The monoisotopic (exact) mass is 357 g/mol. The topological polar surface area (TPSA) is 44.7 Å². The smallest absolute Gasteiger partial charge is 0.151 e. The van der Waals surface area contributed by atoms with Gasteiger partial charge in [-0.15, -0.1) is 10.2 Å². The molecule has 3 heterocycles. The van der Waals surface area contributed by atoms with Crippen LogP contribution in [0.15, 0.2) is 36.4 Å². The lowest BCUT2D eigenvalue weighted by atomic mass is 10.2. The van der Waals surface area contributed by atoms with E-state index in [1.807, 2.05) is 12.1 Å². The lowest BCUT2D eigenvalue weighted by Gasteiger charge is -2.35. The van der Waals surface area contributed by atoms with Gasteiger partial charge in [0.05, 0.1) is 13.2 Å². The zero-order valence-corrected chi connectivity index (χ0v) is 14.9. The summed E-state index contributed by atoms with van der Waals surface area (Å²) in [6.07, 6.45) is 0. The number of morpholine rings is 1. The Balaban J connectivity index is 1.31. The summed E-state index contributed by atoms with van der Waals surface area (Å²) in [5, 5.41) is 8.82. The number of ether oxygens (including phenoxy) is 1. The minimum absolute atomic E-state index is 0.170. The highest BCUT2D eigenvalue weighted by molar-refractivity contribution is 5.45. The van der Waals surface area contributed by atoms with Crippen molar-refractivity contribution in [1.29, 1.82) is 0 Å². The molecular formula is C19H24FN5O. The van der Waals surface area contributed by atoms with Gasteiger partial charge >= 0.3 is 0 Å². The Morgan fingerprint density at radius 3 is 2.12 bits per heavy atom. The molecule has 0 spiro atoms. The third-order valence-corrected chi connectivity index (χ3v) is 4.96. The minimum atomic E-state index is -0.170. The molecule has 138 valence electrons. The summed E-state index contributed by atoms with van der Waals surface area (Å²) in [5.41, 5.74) is 1.02. The SMILES string of the molecule is Fc1cccc(CN2CCN(c3ccc(N4CCOCC4)nn3)CC2)c1. The van der Waals surface area contributed by atoms with Crippen molar-refractivity contribution in [2.75, 3.05) is 62.3 Å². The van der Waals surface area contributed by atoms with Gasteiger partial charge < -0.3 is 14.5 Å². The Kier molecular flexibility index (Phi) is 5.26. The average Bonchev–Trinajstić information content (AvgIpc) is 2.70. The van der Waals surface area contributed by atoms with E-state index in [4.69, 9.17) is 4.74 Å². The van der Waals surface area contributed by atoms with Crippen LogP contribution in [0.3, 0.4) is 0 Å². The maximum Gasteiger partial charge on any atom is 0.151 e. The van der Waals surface area contributed by atoms with Crippen molar-refractivity contribution in [3.63, 3.8) is 0 Å². The number of piperazine rings is 1. The third-order valence-electron chi connectivity index (χ3n) is 4.96. The van der Waals surface area contributed by atoms with Gasteiger partial charge in [0.1, 0.15) is 5.82 Å². The lowest BCUT2D eigenvalue weighted by molar-refractivity contribution is 0.122. The van der Waals surface area contributed by atoms with E-state index < -0.39 is 0 Å². The van der Waals surface area contributed by atoms with Gasteiger partial charge in [-0.2, -0.15) is 0 Å².